The first-order valence-electron chi connectivity index (χ1n) is 9.40. The molecule has 1 atom stereocenters. The topological polar surface area (TPSA) is 55.8 Å². The first-order chi connectivity index (χ1) is 13.9. The Labute approximate surface area is 179 Å². The van der Waals surface area contributed by atoms with Gasteiger partial charge in [0, 0.05) is 0 Å². The van der Waals surface area contributed by atoms with E-state index in [4.69, 9.17) is 21.1 Å². The fraction of sp³-hybridized carbons (Fsp3) is 0.273. The number of amides is 2. The van der Waals surface area contributed by atoms with Crippen molar-refractivity contribution in [2.24, 2.45) is 0 Å². The quantitative estimate of drug-likeness (QED) is 0.491. The number of nitrogens with zero attached hydrogens (tertiary/aromatic N) is 1. The zero-order valence-corrected chi connectivity index (χ0v) is 18.0. The van der Waals surface area contributed by atoms with Gasteiger partial charge in [0.2, 0.25) is 0 Å². The maximum absolute atomic E-state index is 12.8. The molecular weight excluding hydrogens is 410 g/mol. The van der Waals surface area contributed by atoms with Crippen LogP contribution in [0.3, 0.4) is 0 Å². The maximum atomic E-state index is 12.8. The van der Waals surface area contributed by atoms with Crippen molar-refractivity contribution in [1.82, 2.24) is 0 Å². The standard InChI is InChI=1S/C22H22ClNO4S/c1-4-14(3)28-20-17(23)11-15(12-18(20)27-5-2)13-19-21(25)24(22(26)29-19)16-9-7-6-8-10-16/h6-14H,4-5H2,1-3H3/b19-13+/t14-/m0/s1. The fourth-order valence-electron chi connectivity index (χ4n) is 2.75. The molecule has 1 aliphatic rings. The molecule has 0 aromatic heterocycles. The lowest BCUT2D eigenvalue weighted by Gasteiger charge is -2.18. The molecule has 2 aromatic rings. The second-order valence-electron chi connectivity index (χ2n) is 6.45. The lowest BCUT2D eigenvalue weighted by molar-refractivity contribution is -0.113. The Balaban J connectivity index is 1.94. The van der Waals surface area contributed by atoms with Crippen molar-refractivity contribution in [1.29, 1.82) is 0 Å². The predicted octanol–water partition coefficient (Wildman–Crippen LogP) is 6.16. The van der Waals surface area contributed by atoms with Gasteiger partial charge >= 0.3 is 0 Å². The van der Waals surface area contributed by atoms with Gasteiger partial charge in [-0.25, -0.2) is 4.90 Å². The molecule has 5 nitrogen and oxygen atoms in total. The SMILES string of the molecule is CCOc1cc(/C=C2/SC(=O)N(c3ccccc3)C2=O)cc(Cl)c1O[C@@H](C)CC. The summed E-state index contributed by atoms with van der Waals surface area (Å²) in [5.41, 5.74) is 1.21. The zero-order chi connectivity index (χ0) is 21.0. The van der Waals surface area contributed by atoms with Crippen LogP contribution in [0, 0.1) is 0 Å². The van der Waals surface area contributed by atoms with E-state index in [0.717, 1.165) is 18.2 Å². The van der Waals surface area contributed by atoms with E-state index in [1.54, 1.807) is 42.5 Å². The fourth-order valence-corrected chi connectivity index (χ4v) is 3.86. The largest absolute Gasteiger partial charge is 0.490 e. The highest BCUT2D eigenvalue weighted by atomic mass is 35.5. The Bertz CT molecular complexity index is 945. The summed E-state index contributed by atoms with van der Waals surface area (Å²) in [5, 5.41) is 0.0603. The van der Waals surface area contributed by atoms with Crippen molar-refractivity contribution in [3.63, 3.8) is 0 Å². The Morgan fingerprint density at radius 2 is 1.90 bits per heavy atom. The molecule has 1 saturated heterocycles. The molecule has 0 saturated carbocycles. The molecule has 2 aromatic carbocycles. The van der Waals surface area contributed by atoms with E-state index in [9.17, 15) is 9.59 Å². The monoisotopic (exact) mass is 431 g/mol. The van der Waals surface area contributed by atoms with Gasteiger partial charge in [-0.15, -0.1) is 0 Å². The normalized spacial score (nSPS) is 16.4. The Hall–Kier alpha value is -2.44. The zero-order valence-electron chi connectivity index (χ0n) is 16.5. The van der Waals surface area contributed by atoms with E-state index in [1.807, 2.05) is 26.8 Å². The number of carbonyl (C=O) groups is 2. The van der Waals surface area contributed by atoms with E-state index >= 15 is 0 Å². The van der Waals surface area contributed by atoms with Gasteiger partial charge in [-0.05, 0) is 67.9 Å². The number of anilines is 1. The van der Waals surface area contributed by atoms with Crippen LogP contribution in [0.4, 0.5) is 10.5 Å². The number of rotatable bonds is 7. The molecule has 2 amide bonds. The number of halogens is 1. The molecule has 0 N–H and O–H groups in total. The number of hydrogen-bond donors (Lipinski definition) is 0. The Kier molecular flexibility index (Phi) is 6.87. The summed E-state index contributed by atoms with van der Waals surface area (Å²) in [6, 6.07) is 12.3. The van der Waals surface area contributed by atoms with Crippen LogP contribution in [-0.2, 0) is 4.79 Å². The van der Waals surface area contributed by atoms with Crippen molar-refractivity contribution in [2.45, 2.75) is 33.3 Å². The number of benzene rings is 2. The number of hydrogen-bond acceptors (Lipinski definition) is 5. The molecule has 0 bridgehead atoms. The van der Waals surface area contributed by atoms with E-state index < -0.39 is 0 Å². The minimum Gasteiger partial charge on any atom is -0.490 e. The van der Waals surface area contributed by atoms with Gasteiger partial charge in [-0.1, -0.05) is 36.7 Å². The summed E-state index contributed by atoms with van der Waals surface area (Å²) in [4.78, 5) is 26.7. The van der Waals surface area contributed by atoms with Gasteiger partial charge in [-0.3, -0.25) is 9.59 Å². The highest BCUT2D eigenvalue weighted by Crippen LogP contribution is 2.40. The molecule has 0 spiro atoms. The Morgan fingerprint density at radius 1 is 1.17 bits per heavy atom. The van der Waals surface area contributed by atoms with Crippen LogP contribution in [0.15, 0.2) is 47.4 Å². The molecule has 3 rings (SSSR count). The van der Waals surface area contributed by atoms with E-state index in [1.165, 1.54) is 4.90 Å². The molecule has 1 aliphatic heterocycles. The molecular formula is C22H22ClNO4S. The maximum Gasteiger partial charge on any atom is 0.298 e. The first kappa shape index (κ1) is 21.3. The molecule has 7 heteroatoms. The first-order valence-corrected chi connectivity index (χ1v) is 10.6. The van der Waals surface area contributed by atoms with E-state index in [2.05, 4.69) is 0 Å². The summed E-state index contributed by atoms with van der Waals surface area (Å²) >= 11 is 7.34. The molecule has 0 unspecified atom stereocenters. The third-order valence-corrected chi connectivity index (χ3v) is 5.48. The molecule has 0 aliphatic carbocycles. The highest BCUT2D eigenvalue weighted by molar-refractivity contribution is 8.19. The average Bonchev–Trinajstić information content (AvgIpc) is 2.98. The molecule has 0 radical (unpaired) electrons. The van der Waals surface area contributed by atoms with Crippen molar-refractivity contribution in [3.8, 4) is 11.5 Å². The average molecular weight is 432 g/mol. The van der Waals surface area contributed by atoms with E-state index in [0.29, 0.717) is 39.3 Å². The van der Waals surface area contributed by atoms with Crippen LogP contribution >= 0.6 is 23.4 Å². The van der Waals surface area contributed by atoms with Crippen LogP contribution in [0.25, 0.3) is 6.08 Å². The van der Waals surface area contributed by atoms with Crippen molar-refractivity contribution in [2.75, 3.05) is 11.5 Å². The van der Waals surface area contributed by atoms with Crippen molar-refractivity contribution in [3.05, 3.63) is 58.0 Å². The second-order valence-corrected chi connectivity index (χ2v) is 7.85. The third kappa shape index (κ3) is 4.77. The summed E-state index contributed by atoms with van der Waals surface area (Å²) in [5.74, 6) is 0.631. The van der Waals surface area contributed by atoms with Crippen molar-refractivity contribution < 1.29 is 19.1 Å². The predicted molar refractivity (Wildman–Crippen MR) is 118 cm³/mol. The third-order valence-electron chi connectivity index (χ3n) is 4.33. The van der Waals surface area contributed by atoms with Gasteiger partial charge in [-0.2, -0.15) is 0 Å². The second kappa shape index (κ2) is 9.37. The minimum atomic E-state index is -0.361. The lowest BCUT2D eigenvalue weighted by Crippen LogP contribution is -2.27. The number of thioether (sulfide) groups is 1. The van der Waals surface area contributed by atoms with E-state index in [-0.39, 0.29) is 17.3 Å². The van der Waals surface area contributed by atoms with Gasteiger partial charge in [0.1, 0.15) is 0 Å². The summed E-state index contributed by atoms with van der Waals surface area (Å²) < 4.78 is 11.6. The summed E-state index contributed by atoms with van der Waals surface area (Å²) in [6.45, 7) is 6.30. The number of imide groups is 1. The lowest BCUT2D eigenvalue weighted by atomic mass is 10.1. The van der Waals surface area contributed by atoms with Gasteiger partial charge in [0.15, 0.2) is 11.5 Å². The van der Waals surface area contributed by atoms with Crippen molar-refractivity contribution >= 4 is 46.3 Å². The number of carbonyl (C=O) groups excluding carboxylic acids is 2. The molecule has 29 heavy (non-hydrogen) atoms. The summed E-state index contributed by atoms with van der Waals surface area (Å²) in [7, 11) is 0. The van der Waals surface area contributed by atoms with Crippen LogP contribution in [0.2, 0.25) is 5.02 Å². The van der Waals surface area contributed by atoms with Crippen LogP contribution < -0.4 is 14.4 Å². The summed E-state index contributed by atoms with van der Waals surface area (Å²) in [6.07, 6.45) is 2.46. The number of ether oxygens (including phenoxy) is 2. The van der Waals surface area contributed by atoms with Crippen LogP contribution in [0.1, 0.15) is 32.8 Å². The Morgan fingerprint density at radius 3 is 2.55 bits per heavy atom. The van der Waals surface area contributed by atoms with Crippen LogP contribution in [0.5, 0.6) is 11.5 Å². The molecule has 1 heterocycles. The van der Waals surface area contributed by atoms with Gasteiger partial charge in [0.25, 0.3) is 11.1 Å². The smallest absolute Gasteiger partial charge is 0.298 e. The molecule has 1 fully saturated rings. The molecule has 152 valence electrons. The highest BCUT2D eigenvalue weighted by Gasteiger charge is 2.36. The number of para-hydroxylation sites is 1. The van der Waals surface area contributed by atoms with Gasteiger partial charge < -0.3 is 9.47 Å². The van der Waals surface area contributed by atoms with Gasteiger partial charge in [0.05, 0.1) is 28.3 Å². The minimum absolute atomic E-state index is 0.0140. The van der Waals surface area contributed by atoms with Crippen LogP contribution in [-0.4, -0.2) is 23.9 Å².